The van der Waals surface area contributed by atoms with E-state index in [0.29, 0.717) is 10.8 Å². The van der Waals surface area contributed by atoms with E-state index < -0.39 is 0 Å². The number of hydrogen-bond donors (Lipinski definition) is 1. The van der Waals surface area contributed by atoms with Crippen molar-refractivity contribution in [3.8, 4) is 0 Å². The zero-order valence-corrected chi connectivity index (χ0v) is 13.4. The Hall–Kier alpha value is -2.41. The van der Waals surface area contributed by atoms with Crippen molar-refractivity contribution in [2.75, 3.05) is 16.0 Å². The number of rotatable bonds is 3. The fraction of sp³-hybridized carbons (Fsp3) is 0.250. The van der Waals surface area contributed by atoms with E-state index in [2.05, 4.69) is 15.3 Å². The van der Waals surface area contributed by atoms with Gasteiger partial charge in [0.25, 0.3) is 0 Å². The average Bonchev–Trinajstić information content (AvgIpc) is 2.68. The van der Waals surface area contributed by atoms with Crippen molar-refractivity contribution in [3.63, 3.8) is 0 Å². The van der Waals surface area contributed by atoms with Gasteiger partial charge in [0.15, 0.2) is 5.16 Å². The van der Waals surface area contributed by atoms with Gasteiger partial charge in [-0.25, -0.2) is 9.97 Å². The van der Waals surface area contributed by atoms with Crippen LogP contribution in [0.4, 0.5) is 11.4 Å². The van der Waals surface area contributed by atoms with Crippen LogP contribution >= 0.6 is 11.8 Å². The van der Waals surface area contributed by atoms with E-state index in [1.54, 1.807) is 29.4 Å². The number of benzene rings is 1. The van der Waals surface area contributed by atoms with Gasteiger partial charge in [-0.05, 0) is 25.1 Å². The predicted octanol–water partition coefficient (Wildman–Crippen LogP) is 2.33. The molecule has 1 atom stereocenters. The summed E-state index contributed by atoms with van der Waals surface area (Å²) in [5, 5.41) is 3.41. The molecule has 1 aliphatic heterocycles. The first-order chi connectivity index (χ1) is 11.1. The molecule has 0 saturated heterocycles. The van der Waals surface area contributed by atoms with Gasteiger partial charge in [-0.1, -0.05) is 23.9 Å². The van der Waals surface area contributed by atoms with Crippen LogP contribution in [0.15, 0.2) is 47.9 Å². The van der Waals surface area contributed by atoms with Crippen molar-refractivity contribution in [1.29, 1.82) is 0 Å². The standard InChI is InChI=1S/C16H16N4O2S/c1-11-9-14(21)19-12-5-2-3-6-13(12)20(11)15(22)10-23-16-17-7-4-8-18-16/h2-8,11H,9-10H2,1H3,(H,19,21)/t11-/m1/s1. The lowest BCUT2D eigenvalue weighted by molar-refractivity contribution is -0.117. The molecule has 7 heteroatoms. The number of carbonyl (C=O) groups excluding carboxylic acids is 2. The summed E-state index contributed by atoms with van der Waals surface area (Å²) in [7, 11) is 0. The van der Waals surface area contributed by atoms with Crippen molar-refractivity contribution >= 4 is 35.0 Å². The van der Waals surface area contributed by atoms with Crippen LogP contribution in [0.25, 0.3) is 0 Å². The molecule has 1 N–H and O–H groups in total. The molecule has 6 nitrogen and oxygen atoms in total. The molecule has 0 fully saturated rings. The number of nitrogens with zero attached hydrogens (tertiary/aromatic N) is 3. The molecule has 1 aromatic heterocycles. The molecule has 3 rings (SSSR count). The first-order valence-electron chi connectivity index (χ1n) is 7.26. The minimum absolute atomic E-state index is 0.0705. The Labute approximate surface area is 138 Å². The van der Waals surface area contributed by atoms with Gasteiger partial charge in [-0.2, -0.15) is 0 Å². The molecule has 0 spiro atoms. The van der Waals surface area contributed by atoms with E-state index in [4.69, 9.17) is 0 Å². The molecule has 2 aromatic rings. The highest BCUT2D eigenvalue weighted by Crippen LogP contribution is 2.31. The predicted molar refractivity (Wildman–Crippen MR) is 89.4 cm³/mol. The molecule has 23 heavy (non-hydrogen) atoms. The number of thioether (sulfide) groups is 1. The first kappa shape index (κ1) is 15.5. The molecule has 1 aliphatic rings. The third kappa shape index (κ3) is 3.50. The lowest BCUT2D eigenvalue weighted by Crippen LogP contribution is -2.40. The average molecular weight is 328 g/mol. The van der Waals surface area contributed by atoms with Crippen LogP contribution in [0.1, 0.15) is 13.3 Å². The Balaban J connectivity index is 1.82. The highest BCUT2D eigenvalue weighted by atomic mass is 32.2. The Kier molecular flexibility index (Phi) is 4.57. The van der Waals surface area contributed by atoms with Crippen LogP contribution in [-0.4, -0.2) is 33.6 Å². The topological polar surface area (TPSA) is 75.2 Å². The van der Waals surface area contributed by atoms with Gasteiger partial charge in [0, 0.05) is 24.9 Å². The van der Waals surface area contributed by atoms with Gasteiger partial charge < -0.3 is 10.2 Å². The van der Waals surface area contributed by atoms with E-state index in [9.17, 15) is 9.59 Å². The summed E-state index contributed by atoms with van der Waals surface area (Å²) in [5.41, 5.74) is 1.39. The van der Waals surface area contributed by atoms with E-state index in [1.165, 1.54) is 11.8 Å². The zero-order valence-electron chi connectivity index (χ0n) is 12.6. The Bertz CT molecular complexity index is 723. The van der Waals surface area contributed by atoms with Crippen LogP contribution < -0.4 is 10.2 Å². The monoisotopic (exact) mass is 328 g/mol. The van der Waals surface area contributed by atoms with Crippen LogP contribution in [0.3, 0.4) is 0 Å². The quantitative estimate of drug-likeness (QED) is 0.691. The molecular weight excluding hydrogens is 312 g/mol. The van der Waals surface area contributed by atoms with Crippen LogP contribution in [-0.2, 0) is 9.59 Å². The zero-order chi connectivity index (χ0) is 16.2. The summed E-state index contributed by atoms with van der Waals surface area (Å²) in [6, 6.07) is 8.87. The minimum atomic E-state index is -0.205. The summed E-state index contributed by atoms with van der Waals surface area (Å²) < 4.78 is 0. The van der Waals surface area contributed by atoms with Gasteiger partial charge in [0.2, 0.25) is 11.8 Å². The maximum atomic E-state index is 12.7. The molecule has 118 valence electrons. The van der Waals surface area contributed by atoms with Gasteiger partial charge >= 0.3 is 0 Å². The minimum Gasteiger partial charge on any atom is -0.324 e. The number of hydrogen-bond acceptors (Lipinski definition) is 5. The maximum Gasteiger partial charge on any atom is 0.237 e. The molecule has 2 heterocycles. The lowest BCUT2D eigenvalue weighted by atomic mass is 10.2. The van der Waals surface area contributed by atoms with Crippen molar-refractivity contribution in [1.82, 2.24) is 9.97 Å². The van der Waals surface area contributed by atoms with Crippen molar-refractivity contribution < 1.29 is 9.59 Å². The Morgan fingerprint density at radius 2 is 2.04 bits per heavy atom. The number of fused-ring (bicyclic) bond motifs is 1. The van der Waals surface area contributed by atoms with Gasteiger partial charge in [-0.3, -0.25) is 9.59 Å². The molecule has 0 radical (unpaired) electrons. The highest BCUT2D eigenvalue weighted by Gasteiger charge is 2.29. The van der Waals surface area contributed by atoms with Crippen LogP contribution in [0.2, 0.25) is 0 Å². The molecule has 0 saturated carbocycles. The van der Waals surface area contributed by atoms with Crippen LogP contribution in [0, 0.1) is 0 Å². The van der Waals surface area contributed by atoms with Crippen molar-refractivity contribution in [2.24, 2.45) is 0 Å². The molecule has 0 aliphatic carbocycles. The Morgan fingerprint density at radius 1 is 1.30 bits per heavy atom. The first-order valence-corrected chi connectivity index (χ1v) is 8.24. The number of nitrogens with one attached hydrogen (secondary N) is 1. The second-order valence-corrected chi connectivity index (χ2v) is 6.14. The van der Waals surface area contributed by atoms with Gasteiger partial charge in [-0.15, -0.1) is 0 Å². The third-order valence-electron chi connectivity index (χ3n) is 3.49. The summed E-state index contributed by atoms with van der Waals surface area (Å²) in [4.78, 5) is 34.5. The van der Waals surface area contributed by atoms with E-state index in [1.807, 2.05) is 25.1 Å². The number of amides is 2. The second kappa shape index (κ2) is 6.78. The van der Waals surface area contributed by atoms with Crippen molar-refractivity contribution in [2.45, 2.75) is 24.5 Å². The fourth-order valence-corrected chi connectivity index (χ4v) is 3.19. The van der Waals surface area contributed by atoms with Gasteiger partial charge in [0.1, 0.15) is 0 Å². The molecule has 0 unspecified atom stereocenters. The molecular formula is C16H16N4O2S. The summed E-state index contributed by atoms with van der Waals surface area (Å²) in [6.45, 7) is 1.88. The van der Waals surface area contributed by atoms with Gasteiger partial charge in [0.05, 0.1) is 17.1 Å². The SMILES string of the molecule is C[C@@H]1CC(=O)Nc2ccccc2N1C(=O)CSc1ncccn1. The summed E-state index contributed by atoms with van der Waals surface area (Å²) >= 11 is 1.29. The third-order valence-corrected chi connectivity index (χ3v) is 4.36. The number of aromatic nitrogens is 2. The summed E-state index contributed by atoms with van der Waals surface area (Å²) in [6.07, 6.45) is 3.56. The lowest BCUT2D eigenvalue weighted by Gasteiger charge is -2.27. The highest BCUT2D eigenvalue weighted by molar-refractivity contribution is 7.99. The number of para-hydroxylation sites is 2. The molecule has 0 bridgehead atoms. The largest absolute Gasteiger partial charge is 0.324 e. The number of carbonyl (C=O) groups is 2. The maximum absolute atomic E-state index is 12.7. The molecule has 2 amide bonds. The normalized spacial score (nSPS) is 17.2. The van der Waals surface area contributed by atoms with Crippen molar-refractivity contribution in [3.05, 3.63) is 42.7 Å². The number of anilines is 2. The van der Waals surface area contributed by atoms with E-state index in [0.717, 1.165) is 5.69 Å². The second-order valence-electron chi connectivity index (χ2n) is 5.20. The smallest absolute Gasteiger partial charge is 0.237 e. The summed E-state index contributed by atoms with van der Waals surface area (Å²) in [5.74, 6) is 0.0647. The molecule has 1 aromatic carbocycles. The van der Waals surface area contributed by atoms with E-state index >= 15 is 0 Å². The Morgan fingerprint density at radius 3 is 2.83 bits per heavy atom. The van der Waals surface area contributed by atoms with E-state index in [-0.39, 0.29) is 30.0 Å². The van der Waals surface area contributed by atoms with Crippen LogP contribution in [0.5, 0.6) is 0 Å². The fourth-order valence-electron chi connectivity index (χ4n) is 2.52.